The molecule has 0 saturated heterocycles. The summed E-state index contributed by atoms with van der Waals surface area (Å²) in [7, 11) is 0. The first-order chi connectivity index (χ1) is 7.00. The molecule has 1 aromatic rings. The molecule has 0 bridgehead atoms. The quantitative estimate of drug-likeness (QED) is 0.593. The Morgan fingerprint density at radius 2 is 1.93 bits per heavy atom. The van der Waals surface area contributed by atoms with Crippen molar-refractivity contribution in [3.63, 3.8) is 0 Å². The maximum absolute atomic E-state index is 11.0. The normalized spacial score (nSPS) is 11.1. The van der Waals surface area contributed by atoms with Crippen molar-refractivity contribution in [2.24, 2.45) is 11.5 Å². The highest BCUT2D eigenvalue weighted by atomic mass is 16.3. The number of phenolic OH excluding ortho intramolecular Hbond substituents is 1. The monoisotopic (exact) mass is 206 g/mol. The molecule has 0 aliphatic carbocycles. The zero-order valence-electron chi connectivity index (χ0n) is 7.81. The van der Waals surface area contributed by atoms with Crippen molar-refractivity contribution >= 4 is 17.4 Å². The number of rotatable bonds is 3. The van der Waals surface area contributed by atoms with E-state index in [1.165, 1.54) is 18.2 Å². The summed E-state index contributed by atoms with van der Waals surface area (Å²) in [5.74, 6) is -1.57. The van der Waals surface area contributed by atoms with Crippen LogP contribution in [0.3, 0.4) is 0 Å². The van der Waals surface area contributed by atoms with Gasteiger partial charge in [0.15, 0.2) is 0 Å². The van der Waals surface area contributed by atoms with Crippen LogP contribution in [0.2, 0.25) is 0 Å². The lowest BCUT2D eigenvalue weighted by Gasteiger charge is -2.02. The number of carbonyl (C=O) groups is 2. The van der Waals surface area contributed by atoms with Gasteiger partial charge in [0.05, 0.1) is 5.57 Å². The zero-order chi connectivity index (χ0) is 11.4. The first-order valence-corrected chi connectivity index (χ1v) is 4.11. The van der Waals surface area contributed by atoms with Crippen LogP contribution in [0.15, 0.2) is 30.3 Å². The maximum atomic E-state index is 11.0. The molecule has 0 spiro atoms. The summed E-state index contributed by atoms with van der Waals surface area (Å²) in [6, 6.07) is 5.83. The molecule has 78 valence electrons. The average Bonchev–Trinajstić information content (AvgIpc) is 2.13. The van der Waals surface area contributed by atoms with E-state index in [1.807, 2.05) is 0 Å². The zero-order valence-corrected chi connectivity index (χ0v) is 7.81. The van der Waals surface area contributed by atoms with Gasteiger partial charge in [-0.2, -0.15) is 0 Å². The lowest BCUT2D eigenvalue weighted by molar-refractivity contribution is -0.115. The molecular formula is C10H10N2O3. The topological polar surface area (TPSA) is 106 Å². The Labute approximate surface area is 86.0 Å². The van der Waals surface area contributed by atoms with E-state index in [0.29, 0.717) is 5.56 Å². The van der Waals surface area contributed by atoms with Crippen molar-refractivity contribution in [1.82, 2.24) is 0 Å². The molecule has 0 aliphatic rings. The predicted molar refractivity (Wildman–Crippen MR) is 54.5 cm³/mol. The molecule has 0 unspecified atom stereocenters. The van der Waals surface area contributed by atoms with Gasteiger partial charge in [0, 0.05) is 6.08 Å². The average molecular weight is 206 g/mol. The van der Waals surface area contributed by atoms with Gasteiger partial charge < -0.3 is 16.6 Å². The second-order valence-corrected chi connectivity index (χ2v) is 2.87. The van der Waals surface area contributed by atoms with Crippen LogP contribution in [-0.4, -0.2) is 16.9 Å². The number of hydrogen-bond acceptors (Lipinski definition) is 3. The molecule has 0 aliphatic heterocycles. The fourth-order valence-electron chi connectivity index (χ4n) is 1.11. The van der Waals surface area contributed by atoms with Gasteiger partial charge in [0.1, 0.15) is 5.75 Å². The molecule has 0 radical (unpaired) electrons. The fourth-order valence-corrected chi connectivity index (χ4v) is 1.11. The largest absolute Gasteiger partial charge is 0.508 e. The lowest BCUT2D eigenvalue weighted by Crippen LogP contribution is -2.16. The second kappa shape index (κ2) is 4.28. The third kappa shape index (κ3) is 2.84. The molecule has 0 atom stereocenters. The predicted octanol–water partition coefficient (Wildman–Crippen LogP) is -0.254. The molecule has 5 nitrogen and oxygen atoms in total. The summed E-state index contributed by atoms with van der Waals surface area (Å²) < 4.78 is 0. The Kier molecular flexibility index (Phi) is 3.07. The van der Waals surface area contributed by atoms with Crippen LogP contribution in [0.5, 0.6) is 5.75 Å². The Morgan fingerprint density at radius 1 is 1.27 bits per heavy atom. The van der Waals surface area contributed by atoms with Crippen molar-refractivity contribution in [2.75, 3.05) is 0 Å². The second-order valence-electron chi connectivity index (χ2n) is 2.87. The van der Waals surface area contributed by atoms with Crippen molar-refractivity contribution in [2.45, 2.75) is 0 Å². The molecule has 5 N–H and O–H groups in total. The number of aromatic hydroxyl groups is 1. The number of carbonyl (C=O) groups excluding carboxylic acids is 2. The smallest absolute Gasteiger partial charge is 0.249 e. The Balaban J connectivity index is 3.22. The van der Waals surface area contributed by atoms with Gasteiger partial charge in [-0.15, -0.1) is 0 Å². The summed E-state index contributed by atoms with van der Waals surface area (Å²) in [6.07, 6.45) is 0.928. The molecule has 0 fully saturated rings. The highest BCUT2D eigenvalue weighted by Gasteiger charge is 2.09. The molecule has 2 amide bonds. The minimum absolute atomic E-state index is 0.0240. The number of primary amides is 2. The van der Waals surface area contributed by atoms with Crippen molar-refractivity contribution in [3.05, 3.63) is 35.9 Å². The molecule has 1 rings (SSSR count). The Bertz CT molecular complexity index is 438. The highest BCUT2D eigenvalue weighted by Crippen LogP contribution is 2.18. The molecule has 15 heavy (non-hydrogen) atoms. The summed E-state index contributed by atoms with van der Waals surface area (Å²) >= 11 is 0. The molecular weight excluding hydrogens is 196 g/mol. The van der Waals surface area contributed by atoms with Gasteiger partial charge in [-0.1, -0.05) is 12.1 Å². The minimum Gasteiger partial charge on any atom is -0.508 e. The highest BCUT2D eigenvalue weighted by molar-refractivity contribution is 6.22. The van der Waals surface area contributed by atoms with Crippen LogP contribution in [0.25, 0.3) is 5.57 Å². The SMILES string of the molecule is NC(=O)/C=C(\C(N)=O)c1cccc(O)c1. The van der Waals surface area contributed by atoms with Crippen LogP contribution in [0.4, 0.5) is 0 Å². The summed E-state index contributed by atoms with van der Waals surface area (Å²) in [5, 5.41) is 9.18. The van der Waals surface area contributed by atoms with Gasteiger partial charge in [-0.05, 0) is 17.7 Å². The molecule has 0 saturated carbocycles. The van der Waals surface area contributed by atoms with Gasteiger partial charge >= 0.3 is 0 Å². The minimum atomic E-state index is -0.778. The van der Waals surface area contributed by atoms with Crippen LogP contribution in [-0.2, 0) is 9.59 Å². The van der Waals surface area contributed by atoms with E-state index in [1.54, 1.807) is 6.07 Å². The van der Waals surface area contributed by atoms with Crippen LogP contribution in [0.1, 0.15) is 5.56 Å². The first-order valence-electron chi connectivity index (χ1n) is 4.11. The van der Waals surface area contributed by atoms with E-state index in [9.17, 15) is 14.7 Å². The van der Waals surface area contributed by atoms with E-state index in [-0.39, 0.29) is 11.3 Å². The van der Waals surface area contributed by atoms with Gasteiger partial charge in [-0.25, -0.2) is 0 Å². The Hall–Kier alpha value is -2.30. The summed E-state index contributed by atoms with van der Waals surface area (Å²) in [6.45, 7) is 0. The number of benzene rings is 1. The molecule has 5 heteroatoms. The standard InChI is InChI=1S/C10H10N2O3/c11-9(14)5-8(10(12)15)6-2-1-3-7(13)4-6/h1-5,13H,(H2,11,14)(H2,12,15)/b8-5-. The van der Waals surface area contributed by atoms with Crippen LogP contribution < -0.4 is 11.5 Å². The summed E-state index contributed by atoms with van der Waals surface area (Å²) in [4.78, 5) is 21.7. The molecule has 1 aromatic carbocycles. The van der Waals surface area contributed by atoms with Crippen molar-refractivity contribution in [3.8, 4) is 5.75 Å². The van der Waals surface area contributed by atoms with Crippen molar-refractivity contribution < 1.29 is 14.7 Å². The third-order valence-electron chi connectivity index (χ3n) is 1.71. The number of amides is 2. The lowest BCUT2D eigenvalue weighted by atomic mass is 10.0. The number of phenols is 1. The van der Waals surface area contributed by atoms with Gasteiger partial charge in [-0.3, -0.25) is 9.59 Å². The number of hydrogen-bond donors (Lipinski definition) is 3. The van der Waals surface area contributed by atoms with Crippen molar-refractivity contribution in [1.29, 1.82) is 0 Å². The fraction of sp³-hybridized carbons (Fsp3) is 0. The maximum Gasteiger partial charge on any atom is 0.249 e. The van der Waals surface area contributed by atoms with E-state index < -0.39 is 11.8 Å². The van der Waals surface area contributed by atoms with Crippen LogP contribution in [0, 0.1) is 0 Å². The Morgan fingerprint density at radius 3 is 2.40 bits per heavy atom. The molecule has 0 heterocycles. The van der Waals surface area contributed by atoms with E-state index >= 15 is 0 Å². The van der Waals surface area contributed by atoms with E-state index in [0.717, 1.165) is 6.08 Å². The van der Waals surface area contributed by atoms with E-state index in [2.05, 4.69) is 0 Å². The molecule has 0 aromatic heterocycles. The summed E-state index contributed by atoms with van der Waals surface area (Å²) in [5.41, 5.74) is 10.3. The third-order valence-corrected chi connectivity index (χ3v) is 1.71. The van der Waals surface area contributed by atoms with Gasteiger partial charge in [0.25, 0.3) is 0 Å². The van der Waals surface area contributed by atoms with E-state index in [4.69, 9.17) is 11.5 Å². The van der Waals surface area contributed by atoms with Crippen LogP contribution >= 0.6 is 0 Å². The van der Waals surface area contributed by atoms with Gasteiger partial charge in [0.2, 0.25) is 11.8 Å². The first kappa shape index (κ1) is 10.8. The number of nitrogens with two attached hydrogens (primary N) is 2.